The van der Waals surface area contributed by atoms with Crippen LogP contribution < -0.4 is 10.1 Å². The maximum Gasteiger partial charge on any atom is 0.362 e. The molecule has 12 heteroatoms. The van der Waals surface area contributed by atoms with Crippen LogP contribution >= 0.6 is 23.5 Å². The van der Waals surface area contributed by atoms with Crippen molar-refractivity contribution in [2.45, 2.75) is 5.75 Å². The number of nitrogens with one attached hydrogen (secondary N) is 1. The minimum atomic E-state index is -2.83. The molecule has 0 aliphatic carbocycles. The van der Waals surface area contributed by atoms with Crippen molar-refractivity contribution in [3.63, 3.8) is 0 Å². The Morgan fingerprint density at radius 2 is 2.36 bits per heavy atom. The lowest BCUT2D eigenvalue weighted by Gasteiger charge is -2.06. The maximum atomic E-state index is 11.3. The number of carbonyl (C=O) groups is 1. The Bertz CT molecular complexity index is 726. The van der Waals surface area contributed by atoms with Crippen LogP contribution in [0.1, 0.15) is 5.69 Å². The molecule has 0 saturated heterocycles. The van der Waals surface area contributed by atoms with E-state index >= 15 is 0 Å². The highest BCUT2D eigenvalue weighted by Crippen LogP contribution is 2.25. The number of ether oxygens (including phenoxy) is 1. The van der Waals surface area contributed by atoms with E-state index in [4.69, 9.17) is 4.74 Å². The summed E-state index contributed by atoms with van der Waals surface area (Å²) in [5, 5.41) is 2.17. The Balaban J connectivity index is 2.11. The highest BCUT2D eigenvalue weighted by Gasteiger charge is 2.12. The van der Waals surface area contributed by atoms with Crippen molar-refractivity contribution in [1.29, 1.82) is 0 Å². The summed E-state index contributed by atoms with van der Waals surface area (Å²) in [6.07, 6.45) is 0. The molecule has 0 fully saturated rings. The van der Waals surface area contributed by atoms with Crippen molar-refractivity contribution in [2.24, 2.45) is 9.36 Å². The number of urea groups is 1. The predicted molar refractivity (Wildman–Crippen MR) is 85.0 cm³/mol. The average Bonchev–Trinajstić information content (AvgIpc) is 2.97. The topological polar surface area (TPSA) is 123 Å². The third-order valence-electron chi connectivity index (χ3n) is 2.24. The molecule has 1 aromatic rings. The van der Waals surface area contributed by atoms with Crippen molar-refractivity contribution in [3.05, 3.63) is 11.8 Å². The second-order valence-electron chi connectivity index (χ2n) is 3.75. The summed E-state index contributed by atoms with van der Waals surface area (Å²) >= 11 is 3.21. The molecule has 0 radical (unpaired) electrons. The Kier molecular flexibility index (Phi) is 6.15. The van der Waals surface area contributed by atoms with Crippen molar-refractivity contribution in [2.75, 3.05) is 24.7 Å². The van der Waals surface area contributed by atoms with Gasteiger partial charge in [-0.3, -0.25) is 10.3 Å². The molecule has 1 aromatic heterocycles. The number of amides is 2. The molecule has 22 heavy (non-hydrogen) atoms. The number of hydrogen-bond donors (Lipinski definition) is 1. The van der Waals surface area contributed by atoms with Crippen LogP contribution in [0.3, 0.4) is 0 Å². The smallest absolute Gasteiger partial charge is 0.362 e. The van der Waals surface area contributed by atoms with Gasteiger partial charge < -0.3 is 4.74 Å². The van der Waals surface area contributed by atoms with Gasteiger partial charge in [-0.25, -0.2) is 9.78 Å². The summed E-state index contributed by atoms with van der Waals surface area (Å²) in [4.78, 5) is 23.6. The van der Waals surface area contributed by atoms with E-state index in [-0.39, 0.29) is 11.8 Å². The third-order valence-corrected chi connectivity index (χ3v) is 4.84. The lowest BCUT2D eigenvalue weighted by molar-refractivity contribution is 0.259. The van der Waals surface area contributed by atoms with E-state index in [1.165, 1.54) is 18.9 Å². The molecule has 1 aliphatic rings. The van der Waals surface area contributed by atoms with Gasteiger partial charge in [-0.05, 0) is 0 Å². The molecule has 0 bridgehead atoms. The number of aromatic nitrogens is 2. The molecule has 1 aliphatic heterocycles. The van der Waals surface area contributed by atoms with Gasteiger partial charge in [0, 0.05) is 17.6 Å². The summed E-state index contributed by atoms with van der Waals surface area (Å²) < 4.78 is 29.5. The SMILES string of the molecule is COc1cc(CSC2=NCCS2)nc(NC(=O)N=S(=O)=O)n1. The molecule has 0 unspecified atom stereocenters. The van der Waals surface area contributed by atoms with Gasteiger partial charge in [0.1, 0.15) is 4.38 Å². The first kappa shape index (κ1) is 16.7. The lowest BCUT2D eigenvalue weighted by atomic mass is 10.4. The molecule has 9 nitrogen and oxygen atoms in total. The summed E-state index contributed by atoms with van der Waals surface area (Å²) in [5.41, 5.74) is 0.616. The zero-order chi connectivity index (χ0) is 15.9. The number of aliphatic imine (C=N–C) groups is 1. The largest absolute Gasteiger partial charge is 0.481 e. The van der Waals surface area contributed by atoms with Gasteiger partial charge >= 0.3 is 16.5 Å². The number of methoxy groups -OCH3 is 1. The predicted octanol–water partition coefficient (Wildman–Crippen LogP) is 1.42. The third kappa shape index (κ3) is 5.27. The fourth-order valence-corrected chi connectivity index (χ4v) is 3.51. The fourth-order valence-electron chi connectivity index (χ4n) is 1.43. The number of thioether (sulfide) groups is 2. The first-order valence-electron chi connectivity index (χ1n) is 5.91. The van der Waals surface area contributed by atoms with Crippen molar-refractivity contribution in [3.8, 4) is 5.88 Å². The summed E-state index contributed by atoms with van der Waals surface area (Å²) in [6.45, 7) is 0.815. The van der Waals surface area contributed by atoms with E-state index in [1.807, 2.05) is 0 Å². The lowest BCUT2D eigenvalue weighted by Crippen LogP contribution is -2.10. The van der Waals surface area contributed by atoms with E-state index < -0.39 is 16.5 Å². The number of carbonyl (C=O) groups excluding carboxylic acids is 1. The second-order valence-corrected chi connectivity index (χ2v) is 6.67. The Morgan fingerprint density at radius 3 is 3.00 bits per heavy atom. The number of anilines is 1. The zero-order valence-corrected chi connectivity index (χ0v) is 13.8. The van der Waals surface area contributed by atoms with Crippen LogP contribution in [0.15, 0.2) is 15.4 Å². The van der Waals surface area contributed by atoms with E-state index in [0.29, 0.717) is 11.4 Å². The molecule has 118 valence electrons. The van der Waals surface area contributed by atoms with Crippen molar-refractivity contribution < 1.29 is 17.9 Å². The maximum absolute atomic E-state index is 11.3. The molecule has 0 aromatic carbocycles. The van der Waals surface area contributed by atoms with Gasteiger partial charge in [-0.1, -0.05) is 27.9 Å². The minimum Gasteiger partial charge on any atom is -0.481 e. The Hall–Kier alpha value is -1.66. The van der Waals surface area contributed by atoms with Crippen LogP contribution in [0.5, 0.6) is 5.88 Å². The van der Waals surface area contributed by atoms with Crippen LogP contribution in [0.4, 0.5) is 10.7 Å². The standard InChI is InChI=1S/C10H11N5O4S3/c1-19-7-4-6(5-21-10-11-2-3-20-10)12-8(13-7)14-9(16)15-22(17)18/h4H,2-3,5H2,1H3,(H,12,13,14,16). The molecule has 0 spiro atoms. The average molecular weight is 361 g/mol. The van der Waals surface area contributed by atoms with Gasteiger partial charge in [0.2, 0.25) is 11.8 Å². The molecule has 1 N–H and O–H groups in total. The monoisotopic (exact) mass is 361 g/mol. The first-order valence-corrected chi connectivity index (χ1v) is 8.91. The van der Waals surface area contributed by atoms with E-state index in [9.17, 15) is 13.2 Å². The van der Waals surface area contributed by atoms with Gasteiger partial charge in [0.15, 0.2) is 0 Å². The number of rotatable bonds is 4. The minimum absolute atomic E-state index is 0.0739. The van der Waals surface area contributed by atoms with E-state index in [1.54, 1.807) is 17.8 Å². The van der Waals surface area contributed by atoms with Crippen molar-refractivity contribution >= 4 is 50.4 Å². The number of hydrogen-bond acceptors (Lipinski definition) is 9. The van der Waals surface area contributed by atoms with Crippen LogP contribution in [-0.2, 0) is 16.3 Å². The van der Waals surface area contributed by atoms with Crippen LogP contribution in [-0.4, -0.2) is 48.2 Å². The van der Waals surface area contributed by atoms with E-state index in [0.717, 1.165) is 16.7 Å². The molecule has 0 saturated carbocycles. The summed E-state index contributed by atoms with van der Waals surface area (Å²) in [5.74, 6) is 1.68. The highest BCUT2D eigenvalue weighted by atomic mass is 32.2. The quantitative estimate of drug-likeness (QED) is 0.854. The van der Waals surface area contributed by atoms with Crippen LogP contribution in [0.2, 0.25) is 0 Å². The highest BCUT2D eigenvalue weighted by molar-refractivity contribution is 8.38. The second kappa shape index (κ2) is 8.10. The first-order chi connectivity index (χ1) is 10.6. The Labute approximate surface area is 136 Å². The van der Waals surface area contributed by atoms with Gasteiger partial charge in [0.05, 0.1) is 19.3 Å². The van der Waals surface area contributed by atoms with Gasteiger partial charge in [-0.2, -0.15) is 13.4 Å². The van der Waals surface area contributed by atoms with Crippen LogP contribution in [0, 0.1) is 0 Å². The van der Waals surface area contributed by atoms with Crippen molar-refractivity contribution in [1.82, 2.24) is 9.97 Å². The molecule has 2 rings (SSSR count). The summed E-state index contributed by atoms with van der Waals surface area (Å²) in [7, 11) is -1.40. The zero-order valence-electron chi connectivity index (χ0n) is 11.3. The van der Waals surface area contributed by atoms with Crippen LogP contribution in [0.25, 0.3) is 0 Å². The molecular formula is C10H11N5O4S3. The fraction of sp³-hybridized carbons (Fsp3) is 0.400. The molecular weight excluding hydrogens is 350 g/mol. The summed E-state index contributed by atoms with van der Waals surface area (Å²) in [6, 6.07) is 0.557. The van der Waals surface area contributed by atoms with Gasteiger partial charge in [-0.15, -0.1) is 0 Å². The number of nitrogens with zero attached hydrogens (tertiary/aromatic N) is 4. The van der Waals surface area contributed by atoms with Gasteiger partial charge in [0.25, 0.3) is 0 Å². The normalized spacial score (nSPS) is 13.4. The molecule has 2 heterocycles. The van der Waals surface area contributed by atoms with E-state index in [2.05, 4.69) is 24.6 Å². The molecule has 2 amide bonds. The molecule has 0 atom stereocenters. The Morgan fingerprint density at radius 1 is 1.55 bits per heavy atom.